The van der Waals surface area contributed by atoms with E-state index in [1.165, 1.54) is 37.3 Å². The molecule has 0 N–H and O–H groups in total. The number of benzene rings is 1. The van der Waals surface area contributed by atoms with Crippen LogP contribution in [0.5, 0.6) is 0 Å². The second-order valence-corrected chi connectivity index (χ2v) is 4.20. The zero-order valence-electron chi connectivity index (χ0n) is 8.41. The first-order chi connectivity index (χ1) is 7.37. The van der Waals surface area contributed by atoms with Crippen LogP contribution in [0.15, 0.2) is 35.2 Å². The van der Waals surface area contributed by atoms with E-state index in [2.05, 4.69) is 0 Å². The number of alkyl halides is 3. The molecular weight excluding hydrogens is 237 g/mol. The van der Waals surface area contributed by atoms with Gasteiger partial charge in [0.25, 0.3) is 0 Å². The third kappa shape index (κ3) is 5.02. The fourth-order valence-corrected chi connectivity index (χ4v) is 1.64. The van der Waals surface area contributed by atoms with Gasteiger partial charge in [0.1, 0.15) is 0 Å². The Kier molecular flexibility index (Phi) is 4.18. The number of rotatable bonds is 3. The van der Waals surface area contributed by atoms with Crippen LogP contribution < -0.4 is 0 Å². The van der Waals surface area contributed by atoms with Crippen molar-refractivity contribution in [1.82, 2.24) is 0 Å². The summed E-state index contributed by atoms with van der Waals surface area (Å²) in [7, 11) is 0. The number of thioether (sulfide) groups is 1. The molecule has 1 rings (SSSR count). The molecule has 86 valence electrons. The monoisotopic (exact) mass is 246 g/mol. The third-order valence-electron chi connectivity index (χ3n) is 1.60. The van der Waals surface area contributed by atoms with Gasteiger partial charge in [-0.25, -0.2) is 0 Å². The SMILES string of the molecule is CC(=O)/C=C/c1cccc(SC(F)(F)F)c1. The molecule has 5 heteroatoms. The normalized spacial score (nSPS) is 12.0. The van der Waals surface area contributed by atoms with E-state index in [0.29, 0.717) is 5.56 Å². The first-order valence-electron chi connectivity index (χ1n) is 4.41. The van der Waals surface area contributed by atoms with Crippen molar-refractivity contribution in [3.05, 3.63) is 35.9 Å². The lowest BCUT2D eigenvalue weighted by atomic mass is 10.2. The maximum Gasteiger partial charge on any atom is 0.446 e. The summed E-state index contributed by atoms with van der Waals surface area (Å²) in [6.07, 6.45) is 2.81. The fraction of sp³-hybridized carbons (Fsp3) is 0.182. The van der Waals surface area contributed by atoms with Crippen LogP contribution in [0.4, 0.5) is 13.2 Å². The molecule has 0 radical (unpaired) electrons. The van der Waals surface area contributed by atoms with Gasteiger partial charge in [0.15, 0.2) is 5.78 Å². The molecule has 0 aliphatic heterocycles. The Bertz CT molecular complexity index is 410. The fourth-order valence-electron chi connectivity index (χ4n) is 1.03. The van der Waals surface area contributed by atoms with Crippen LogP contribution in [0.2, 0.25) is 0 Å². The summed E-state index contributed by atoms with van der Waals surface area (Å²) in [6, 6.07) is 5.93. The Morgan fingerprint density at radius 2 is 2.06 bits per heavy atom. The van der Waals surface area contributed by atoms with Crippen molar-refractivity contribution in [3.63, 3.8) is 0 Å². The molecule has 0 saturated carbocycles. The smallest absolute Gasteiger partial charge is 0.295 e. The standard InChI is InChI=1S/C11H9F3OS/c1-8(15)5-6-9-3-2-4-10(7-9)16-11(12,13)14/h2-7H,1H3/b6-5+. The lowest BCUT2D eigenvalue weighted by Crippen LogP contribution is -1.98. The van der Waals surface area contributed by atoms with Gasteiger partial charge in [-0.1, -0.05) is 18.2 Å². The molecule has 1 aromatic carbocycles. The number of halogens is 3. The second kappa shape index (κ2) is 5.21. The summed E-state index contributed by atoms with van der Waals surface area (Å²) >= 11 is -0.170. The average molecular weight is 246 g/mol. The van der Waals surface area contributed by atoms with Gasteiger partial charge in [0.05, 0.1) is 0 Å². The molecule has 0 atom stereocenters. The quantitative estimate of drug-likeness (QED) is 0.594. The van der Waals surface area contributed by atoms with Gasteiger partial charge in [0.2, 0.25) is 0 Å². The summed E-state index contributed by atoms with van der Waals surface area (Å²) < 4.78 is 36.2. The van der Waals surface area contributed by atoms with Crippen molar-refractivity contribution in [2.24, 2.45) is 0 Å². The summed E-state index contributed by atoms with van der Waals surface area (Å²) in [5.74, 6) is -0.145. The summed E-state index contributed by atoms with van der Waals surface area (Å²) in [4.78, 5) is 10.8. The van der Waals surface area contributed by atoms with Crippen LogP contribution >= 0.6 is 11.8 Å². The minimum atomic E-state index is -4.29. The van der Waals surface area contributed by atoms with E-state index < -0.39 is 5.51 Å². The van der Waals surface area contributed by atoms with Crippen LogP contribution in [-0.2, 0) is 4.79 Å². The van der Waals surface area contributed by atoms with E-state index in [9.17, 15) is 18.0 Å². The van der Waals surface area contributed by atoms with Crippen LogP contribution in [0.25, 0.3) is 6.08 Å². The highest BCUT2D eigenvalue weighted by atomic mass is 32.2. The van der Waals surface area contributed by atoms with E-state index in [1.807, 2.05) is 0 Å². The highest BCUT2D eigenvalue weighted by Gasteiger charge is 2.29. The highest BCUT2D eigenvalue weighted by molar-refractivity contribution is 8.00. The van der Waals surface area contributed by atoms with Gasteiger partial charge >= 0.3 is 5.51 Å². The van der Waals surface area contributed by atoms with Crippen molar-refractivity contribution in [2.75, 3.05) is 0 Å². The number of hydrogen-bond acceptors (Lipinski definition) is 2. The van der Waals surface area contributed by atoms with Crippen LogP contribution in [0.3, 0.4) is 0 Å². The number of hydrogen-bond donors (Lipinski definition) is 0. The number of ketones is 1. The minimum absolute atomic E-state index is 0.109. The van der Waals surface area contributed by atoms with Crippen LogP contribution in [-0.4, -0.2) is 11.3 Å². The van der Waals surface area contributed by atoms with E-state index in [4.69, 9.17) is 0 Å². The summed E-state index contributed by atoms with van der Waals surface area (Å²) in [6.45, 7) is 1.38. The minimum Gasteiger partial charge on any atom is -0.295 e. The second-order valence-electron chi connectivity index (χ2n) is 3.06. The molecule has 0 amide bonds. The molecule has 0 saturated heterocycles. The van der Waals surface area contributed by atoms with E-state index in [-0.39, 0.29) is 22.4 Å². The van der Waals surface area contributed by atoms with Crippen molar-refractivity contribution < 1.29 is 18.0 Å². The Morgan fingerprint density at radius 1 is 1.38 bits per heavy atom. The van der Waals surface area contributed by atoms with Crippen molar-refractivity contribution >= 4 is 23.6 Å². The molecule has 0 unspecified atom stereocenters. The molecule has 0 spiro atoms. The van der Waals surface area contributed by atoms with Gasteiger partial charge in [-0.2, -0.15) is 13.2 Å². The number of carbonyl (C=O) groups excluding carboxylic acids is 1. The topological polar surface area (TPSA) is 17.1 Å². The van der Waals surface area contributed by atoms with Gasteiger partial charge in [-0.15, -0.1) is 0 Å². The van der Waals surface area contributed by atoms with Crippen molar-refractivity contribution in [2.45, 2.75) is 17.3 Å². The number of allylic oxidation sites excluding steroid dienone is 1. The summed E-state index contributed by atoms with van der Waals surface area (Å²) in [5.41, 5.74) is -3.72. The molecule has 0 fully saturated rings. The molecule has 1 nitrogen and oxygen atoms in total. The Morgan fingerprint density at radius 3 is 2.62 bits per heavy atom. The largest absolute Gasteiger partial charge is 0.446 e. The molecule has 0 aromatic heterocycles. The Hall–Kier alpha value is -1.23. The number of carbonyl (C=O) groups is 1. The first-order valence-corrected chi connectivity index (χ1v) is 5.23. The van der Waals surface area contributed by atoms with E-state index in [0.717, 1.165) is 0 Å². The average Bonchev–Trinajstić information content (AvgIpc) is 2.12. The predicted molar refractivity (Wildman–Crippen MR) is 58.1 cm³/mol. The van der Waals surface area contributed by atoms with Crippen LogP contribution in [0.1, 0.15) is 12.5 Å². The highest BCUT2D eigenvalue weighted by Crippen LogP contribution is 2.36. The molecule has 1 aromatic rings. The third-order valence-corrected chi connectivity index (χ3v) is 2.32. The van der Waals surface area contributed by atoms with Crippen LogP contribution in [0, 0.1) is 0 Å². The summed E-state index contributed by atoms with van der Waals surface area (Å²) in [5, 5.41) is 0. The van der Waals surface area contributed by atoms with Gasteiger partial charge in [-0.05, 0) is 42.5 Å². The maximum atomic E-state index is 12.1. The molecule has 0 heterocycles. The zero-order chi connectivity index (χ0) is 12.2. The zero-order valence-corrected chi connectivity index (χ0v) is 9.23. The van der Waals surface area contributed by atoms with Gasteiger partial charge < -0.3 is 0 Å². The Labute approximate surface area is 95.3 Å². The Balaban J connectivity index is 2.83. The maximum absolute atomic E-state index is 12.1. The molecule has 0 aliphatic rings. The van der Waals surface area contributed by atoms with Gasteiger partial charge in [-0.3, -0.25) is 4.79 Å². The lowest BCUT2D eigenvalue weighted by Gasteiger charge is -2.05. The van der Waals surface area contributed by atoms with Crippen molar-refractivity contribution in [3.8, 4) is 0 Å². The van der Waals surface area contributed by atoms with Gasteiger partial charge in [0, 0.05) is 4.90 Å². The lowest BCUT2D eigenvalue weighted by molar-refractivity contribution is -0.112. The first kappa shape index (κ1) is 12.8. The molecule has 0 bridgehead atoms. The predicted octanol–water partition coefficient (Wildman–Crippen LogP) is 3.90. The molecule has 0 aliphatic carbocycles. The van der Waals surface area contributed by atoms with E-state index in [1.54, 1.807) is 6.07 Å². The van der Waals surface area contributed by atoms with Crippen molar-refractivity contribution in [1.29, 1.82) is 0 Å². The van der Waals surface area contributed by atoms with E-state index >= 15 is 0 Å². The molecule has 16 heavy (non-hydrogen) atoms. The molecular formula is C11H9F3OS.